The number of halogens is 2. The van der Waals surface area contributed by atoms with E-state index in [1.807, 2.05) is 6.07 Å². The molecule has 0 radical (unpaired) electrons. The first-order valence-electron chi connectivity index (χ1n) is 6.05. The second kappa shape index (κ2) is 5.91. The Hall–Kier alpha value is -0.770. The lowest BCUT2D eigenvalue weighted by Crippen LogP contribution is -2.44. The van der Waals surface area contributed by atoms with Gasteiger partial charge in [-0.3, -0.25) is 4.79 Å². The van der Waals surface area contributed by atoms with E-state index in [0.717, 1.165) is 24.8 Å². The summed E-state index contributed by atoms with van der Waals surface area (Å²) in [6.07, 6.45) is 3.34. The number of amides is 1. The molecule has 0 heterocycles. The summed E-state index contributed by atoms with van der Waals surface area (Å²) in [5.41, 5.74) is 6.77. The van der Waals surface area contributed by atoms with E-state index in [2.05, 4.69) is 5.32 Å². The number of nitrogens with one attached hydrogen (secondary N) is 1. The molecule has 0 aliphatic heterocycles. The summed E-state index contributed by atoms with van der Waals surface area (Å²) in [5, 5.41) is 3.94. The Kier molecular flexibility index (Phi) is 4.49. The average Bonchev–Trinajstić information content (AvgIpc) is 2.70. The first kappa shape index (κ1) is 13.7. The van der Waals surface area contributed by atoms with Crippen molar-refractivity contribution in [2.45, 2.75) is 37.8 Å². The fraction of sp³-hybridized carbons (Fsp3) is 0.462. The third-order valence-corrected chi connectivity index (χ3v) is 4.00. The zero-order chi connectivity index (χ0) is 13.1. The van der Waals surface area contributed by atoms with Crippen molar-refractivity contribution < 1.29 is 4.79 Å². The Bertz CT molecular complexity index is 451. The molecule has 2 unspecified atom stereocenters. The maximum atomic E-state index is 11.9. The van der Waals surface area contributed by atoms with Gasteiger partial charge in [-0.1, -0.05) is 29.3 Å². The van der Waals surface area contributed by atoms with Gasteiger partial charge < -0.3 is 11.1 Å². The number of carbonyl (C=O) groups is 1. The van der Waals surface area contributed by atoms with Crippen molar-refractivity contribution in [3.8, 4) is 0 Å². The minimum atomic E-state index is -0.0178. The molecule has 0 aromatic heterocycles. The van der Waals surface area contributed by atoms with Gasteiger partial charge in [0.05, 0.1) is 16.5 Å². The van der Waals surface area contributed by atoms with Crippen molar-refractivity contribution in [3.05, 3.63) is 33.8 Å². The van der Waals surface area contributed by atoms with Crippen molar-refractivity contribution in [2.24, 2.45) is 5.73 Å². The Labute approximate surface area is 117 Å². The van der Waals surface area contributed by atoms with E-state index in [1.165, 1.54) is 0 Å². The molecule has 1 saturated carbocycles. The fourth-order valence-corrected chi connectivity index (χ4v) is 2.58. The van der Waals surface area contributed by atoms with E-state index >= 15 is 0 Å². The molecule has 1 aromatic rings. The van der Waals surface area contributed by atoms with Crippen molar-refractivity contribution in [1.82, 2.24) is 5.32 Å². The Morgan fingerprint density at radius 3 is 2.72 bits per heavy atom. The highest BCUT2D eigenvalue weighted by Gasteiger charge is 2.25. The van der Waals surface area contributed by atoms with E-state index in [4.69, 9.17) is 28.9 Å². The molecule has 98 valence electrons. The molecule has 3 nitrogen and oxygen atoms in total. The van der Waals surface area contributed by atoms with Crippen LogP contribution in [0.4, 0.5) is 0 Å². The molecule has 1 fully saturated rings. The normalized spacial score (nSPS) is 23.1. The number of hydrogen-bond donors (Lipinski definition) is 2. The van der Waals surface area contributed by atoms with E-state index in [0.29, 0.717) is 16.5 Å². The fourth-order valence-electron chi connectivity index (χ4n) is 2.26. The topological polar surface area (TPSA) is 55.1 Å². The van der Waals surface area contributed by atoms with Gasteiger partial charge in [-0.05, 0) is 37.0 Å². The van der Waals surface area contributed by atoms with Crippen LogP contribution in [0, 0.1) is 0 Å². The zero-order valence-electron chi connectivity index (χ0n) is 9.96. The molecule has 1 aliphatic rings. The number of rotatable bonds is 3. The molecular formula is C13H16Cl2N2O. The van der Waals surface area contributed by atoms with Gasteiger partial charge in [0.25, 0.3) is 0 Å². The van der Waals surface area contributed by atoms with E-state index in [1.54, 1.807) is 12.1 Å². The number of nitrogens with two attached hydrogens (primary N) is 1. The zero-order valence-corrected chi connectivity index (χ0v) is 11.5. The van der Waals surface area contributed by atoms with E-state index < -0.39 is 0 Å². The SMILES string of the molecule is NC1CCCC1NC(=O)Cc1ccc(Cl)c(Cl)c1. The molecule has 2 rings (SSSR count). The Morgan fingerprint density at radius 1 is 1.33 bits per heavy atom. The monoisotopic (exact) mass is 286 g/mol. The van der Waals surface area contributed by atoms with Gasteiger partial charge in [-0.15, -0.1) is 0 Å². The highest BCUT2D eigenvalue weighted by molar-refractivity contribution is 6.42. The molecule has 18 heavy (non-hydrogen) atoms. The minimum absolute atomic E-state index is 0.0178. The third-order valence-electron chi connectivity index (χ3n) is 3.26. The van der Waals surface area contributed by atoms with Crippen LogP contribution in [0.2, 0.25) is 10.0 Å². The lowest BCUT2D eigenvalue weighted by Gasteiger charge is -2.17. The quantitative estimate of drug-likeness (QED) is 0.897. The predicted octanol–water partition coefficient (Wildman–Crippen LogP) is 2.53. The van der Waals surface area contributed by atoms with Crippen molar-refractivity contribution in [1.29, 1.82) is 0 Å². The van der Waals surface area contributed by atoms with E-state index in [-0.39, 0.29) is 18.0 Å². The summed E-state index contributed by atoms with van der Waals surface area (Å²) in [6, 6.07) is 5.43. The van der Waals surface area contributed by atoms with Crippen LogP contribution in [-0.2, 0) is 11.2 Å². The van der Waals surface area contributed by atoms with E-state index in [9.17, 15) is 4.79 Å². The highest BCUT2D eigenvalue weighted by Crippen LogP contribution is 2.23. The first-order chi connectivity index (χ1) is 8.56. The van der Waals surface area contributed by atoms with Crippen LogP contribution in [-0.4, -0.2) is 18.0 Å². The van der Waals surface area contributed by atoms with Crippen LogP contribution in [0.3, 0.4) is 0 Å². The lowest BCUT2D eigenvalue weighted by atomic mass is 10.1. The molecular weight excluding hydrogens is 271 g/mol. The van der Waals surface area contributed by atoms with Crippen LogP contribution in [0.25, 0.3) is 0 Å². The van der Waals surface area contributed by atoms with Crippen LogP contribution in [0.5, 0.6) is 0 Å². The summed E-state index contributed by atoms with van der Waals surface area (Å²) in [6.45, 7) is 0. The van der Waals surface area contributed by atoms with Crippen molar-refractivity contribution in [2.75, 3.05) is 0 Å². The largest absolute Gasteiger partial charge is 0.352 e. The molecule has 1 amide bonds. The summed E-state index contributed by atoms with van der Waals surface area (Å²) < 4.78 is 0. The smallest absolute Gasteiger partial charge is 0.224 e. The molecule has 2 atom stereocenters. The third kappa shape index (κ3) is 3.37. The van der Waals surface area contributed by atoms with Crippen LogP contribution < -0.4 is 11.1 Å². The van der Waals surface area contributed by atoms with Crippen molar-refractivity contribution in [3.63, 3.8) is 0 Å². The second-order valence-corrected chi connectivity index (χ2v) is 5.51. The van der Waals surface area contributed by atoms with Crippen molar-refractivity contribution >= 4 is 29.1 Å². The summed E-state index contributed by atoms with van der Waals surface area (Å²) in [7, 11) is 0. The predicted molar refractivity (Wildman–Crippen MR) is 73.9 cm³/mol. The lowest BCUT2D eigenvalue weighted by molar-refractivity contribution is -0.121. The molecule has 0 bridgehead atoms. The maximum absolute atomic E-state index is 11.9. The maximum Gasteiger partial charge on any atom is 0.224 e. The molecule has 1 aromatic carbocycles. The molecule has 0 spiro atoms. The van der Waals surface area contributed by atoms with Gasteiger partial charge in [0.15, 0.2) is 0 Å². The van der Waals surface area contributed by atoms with Gasteiger partial charge in [0, 0.05) is 12.1 Å². The van der Waals surface area contributed by atoms with Crippen LogP contribution in [0.15, 0.2) is 18.2 Å². The van der Waals surface area contributed by atoms with Gasteiger partial charge in [0.2, 0.25) is 5.91 Å². The highest BCUT2D eigenvalue weighted by atomic mass is 35.5. The first-order valence-corrected chi connectivity index (χ1v) is 6.80. The Morgan fingerprint density at radius 2 is 2.11 bits per heavy atom. The molecule has 0 saturated heterocycles. The molecule has 1 aliphatic carbocycles. The molecule has 5 heteroatoms. The summed E-state index contributed by atoms with van der Waals surface area (Å²) in [5.74, 6) is -0.0178. The number of carbonyl (C=O) groups excluding carboxylic acids is 1. The van der Waals surface area contributed by atoms with Gasteiger partial charge in [0.1, 0.15) is 0 Å². The molecule has 3 N–H and O–H groups in total. The summed E-state index contributed by atoms with van der Waals surface area (Å²) in [4.78, 5) is 11.9. The Balaban J connectivity index is 1.92. The number of benzene rings is 1. The van der Waals surface area contributed by atoms with Crippen LogP contribution >= 0.6 is 23.2 Å². The van der Waals surface area contributed by atoms with Gasteiger partial charge in [-0.25, -0.2) is 0 Å². The van der Waals surface area contributed by atoms with Gasteiger partial charge in [-0.2, -0.15) is 0 Å². The summed E-state index contributed by atoms with van der Waals surface area (Å²) >= 11 is 11.7. The van der Waals surface area contributed by atoms with Crippen LogP contribution in [0.1, 0.15) is 24.8 Å². The standard InChI is InChI=1S/C13H16Cl2N2O/c14-9-5-4-8(6-10(9)15)7-13(18)17-12-3-1-2-11(12)16/h4-6,11-12H,1-3,7,16H2,(H,17,18). The minimum Gasteiger partial charge on any atom is -0.352 e. The average molecular weight is 287 g/mol. The number of hydrogen-bond acceptors (Lipinski definition) is 2. The van der Waals surface area contributed by atoms with Gasteiger partial charge >= 0.3 is 0 Å². The second-order valence-electron chi connectivity index (χ2n) is 4.69.